The summed E-state index contributed by atoms with van der Waals surface area (Å²) in [6.45, 7) is 5.85. The predicted molar refractivity (Wildman–Crippen MR) is 76.2 cm³/mol. The monoisotopic (exact) mass is 352 g/mol. The molecule has 0 aliphatic rings. The highest BCUT2D eigenvalue weighted by Gasteiger charge is 2.29. The van der Waals surface area contributed by atoms with E-state index in [0.29, 0.717) is 11.8 Å². The molecule has 1 atom stereocenters. The van der Waals surface area contributed by atoms with Crippen LogP contribution in [0.4, 0.5) is 4.39 Å². The van der Waals surface area contributed by atoms with Gasteiger partial charge >= 0.3 is 0 Å². The molecule has 0 aliphatic heterocycles. The fraction of sp³-hybridized carbons (Fsp3) is 0.583. The first-order valence-corrected chi connectivity index (χ1v) is 8.46. The van der Waals surface area contributed by atoms with Gasteiger partial charge in [-0.1, -0.05) is 36.7 Å². The van der Waals surface area contributed by atoms with Crippen LogP contribution in [0.25, 0.3) is 0 Å². The number of sulfonamides is 1. The van der Waals surface area contributed by atoms with Crippen LogP contribution < -0.4 is 4.72 Å². The molecule has 0 saturated carbocycles. The van der Waals surface area contributed by atoms with Crippen LogP contribution in [0, 0.1) is 11.2 Å². The van der Waals surface area contributed by atoms with Gasteiger partial charge in [0.25, 0.3) is 0 Å². The lowest BCUT2D eigenvalue weighted by Gasteiger charge is -2.30. The highest BCUT2D eigenvalue weighted by atomic mass is 79.9. The third kappa shape index (κ3) is 4.81. The summed E-state index contributed by atoms with van der Waals surface area (Å²) >= 11 is 3.31. The lowest BCUT2D eigenvalue weighted by atomic mass is 9.86. The van der Waals surface area contributed by atoms with Crippen molar-refractivity contribution >= 4 is 26.0 Å². The van der Waals surface area contributed by atoms with E-state index in [1.165, 1.54) is 0 Å². The summed E-state index contributed by atoms with van der Waals surface area (Å²) in [6, 6.07) is 0.712. The van der Waals surface area contributed by atoms with Gasteiger partial charge in [0.05, 0.1) is 6.20 Å². The van der Waals surface area contributed by atoms with Crippen LogP contribution in [0.3, 0.4) is 0 Å². The first-order valence-electron chi connectivity index (χ1n) is 5.85. The van der Waals surface area contributed by atoms with Crippen molar-refractivity contribution in [3.8, 4) is 0 Å². The molecule has 19 heavy (non-hydrogen) atoms. The van der Waals surface area contributed by atoms with Gasteiger partial charge in [0.1, 0.15) is 10.7 Å². The summed E-state index contributed by atoms with van der Waals surface area (Å²) in [5.41, 5.74) is -0.235. The Bertz CT molecular complexity index is 529. The van der Waals surface area contributed by atoms with Gasteiger partial charge in [-0.2, -0.15) is 0 Å². The largest absolute Gasteiger partial charge is 0.260 e. The summed E-state index contributed by atoms with van der Waals surface area (Å²) < 4.78 is 40.0. The van der Waals surface area contributed by atoms with E-state index in [1.807, 2.05) is 20.8 Å². The second-order valence-electron chi connectivity index (χ2n) is 5.36. The average Bonchev–Trinajstić information content (AvgIpc) is 2.27. The number of alkyl halides is 1. The average molecular weight is 353 g/mol. The van der Waals surface area contributed by atoms with Crippen LogP contribution in [0.1, 0.15) is 27.2 Å². The van der Waals surface area contributed by atoms with E-state index in [9.17, 15) is 12.8 Å². The van der Waals surface area contributed by atoms with Gasteiger partial charge in [-0.25, -0.2) is 17.5 Å². The Morgan fingerprint density at radius 3 is 2.53 bits per heavy atom. The Balaban J connectivity index is 3.01. The van der Waals surface area contributed by atoms with E-state index in [0.717, 1.165) is 18.5 Å². The topological polar surface area (TPSA) is 59.1 Å². The predicted octanol–water partition coefficient (Wildman–Crippen LogP) is 2.70. The molecule has 1 aromatic rings. The molecule has 1 N–H and O–H groups in total. The van der Waals surface area contributed by atoms with Crippen molar-refractivity contribution in [3.05, 3.63) is 24.3 Å². The number of rotatable bonds is 5. The van der Waals surface area contributed by atoms with Gasteiger partial charge in [0.15, 0.2) is 0 Å². The van der Waals surface area contributed by atoms with Crippen molar-refractivity contribution in [2.24, 2.45) is 5.41 Å². The van der Waals surface area contributed by atoms with Gasteiger partial charge in [0, 0.05) is 17.6 Å². The molecule has 0 aliphatic carbocycles. The molecule has 0 radical (unpaired) electrons. The lowest BCUT2D eigenvalue weighted by Crippen LogP contribution is -2.43. The summed E-state index contributed by atoms with van der Waals surface area (Å²) in [4.78, 5) is 3.41. The molecule has 0 spiro atoms. The van der Waals surface area contributed by atoms with Gasteiger partial charge in [-0.05, 0) is 17.9 Å². The zero-order chi connectivity index (χ0) is 14.7. The minimum atomic E-state index is -3.76. The number of nitrogens with zero attached hydrogens (tertiary/aromatic N) is 1. The molecule has 0 saturated heterocycles. The lowest BCUT2D eigenvalue weighted by molar-refractivity contribution is 0.293. The first-order chi connectivity index (χ1) is 8.66. The Hall–Kier alpha value is -0.530. The Morgan fingerprint density at radius 2 is 2.05 bits per heavy atom. The SMILES string of the molecule is CC(C)(C)C(CCBr)NS(=O)(=O)c1cncc(F)c1. The molecule has 7 heteroatoms. The maximum absolute atomic E-state index is 13.1. The van der Waals surface area contributed by atoms with Gasteiger partial charge in [-0.3, -0.25) is 4.98 Å². The summed E-state index contributed by atoms with van der Waals surface area (Å²) in [5, 5.41) is 0.679. The number of pyridine rings is 1. The Kier molecular flexibility index (Phi) is 5.46. The summed E-state index contributed by atoms with van der Waals surface area (Å²) in [7, 11) is -3.76. The molecule has 1 heterocycles. The fourth-order valence-electron chi connectivity index (χ4n) is 1.57. The van der Waals surface area contributed by atoms with Gasteiger partial charge in [-0.15, -0.1) is 0 Å². The van der Waals surface area contributed by atoms with Crippen molar-refractivity contribution in [2.45, 2.75) is 38.1 Å². The molecule has 0 fully saturated rings. The minimum Gasteiger partial charge on any atom is -0.260 e. The summed E-state index contributed by atoms with van der Waals surface area (Å²) in [6.07, 6.45) is 2.75. The summed E-state index contributed by atoms with van der Waals surface area (Å²) in [5.74, 6) is -0.671. The molecular formula is C12H18BrFN2O2S. The van der Waals surface area contributed by atoms with Crippen molar-refractivity contribution in [3.63, 3.8) is 0 Å². The third-order valence-corrected chi connectivity index (χ3v) is 4.63. The van der Waals surface area contributed by atoms with Crippen molar-refractivity contribution in [1.82, 2.24) is 9.71 Å². The molecule has 4 nitrogen and oxygen atoms in total. The molecule has 108 valence electrons. The normalized spacial score (nSPS) is 14.4. The number of halogens is 2. The zero-order valence-corrected chi connectivity index (χ0v) is 13.6. The Morgan fingerprint density at radius 1 is 1.42 bits per heavy atom. The molecular weight excluding hydrogens is 335 g/mol. The number of hydrogen-bond acceptors (Lipinski definition) is 3. The van der Waals surface area contributed by atoms with Crippen molar-refractivity contribution < 1.29 is 12.8 Å². The molecule has 0 amide bonds. The van der Waals surface area contributed by atoms with Crippen LogP contribution in [0.15, 0.2) is 23.4 Å². The molecule has 1 aromatic heterocycles. The van der Waals surface area contributed by atoms with Crippen LogP contribution >= 0.6 is 15.9 Å². The third-order valence-electron chi connectivity index (χ3n) is 2.73. The Labute approximate surface area is 122 Å². The van der Waals surface area contributed by atoms with Crippen LogP contribution in [0.5, 0.6) is 0 Å². The minimum absolute atomic E-state index is 0.156. The van der Waals surface area contributed by atoms with Crippen LogP contribution in [0.2, 0.25) is 0 Å². The van der Waals surface area contributed by atoms with Crippen LogP contribution in [-0.4, -0.2) is 24.8 Å². The quantitative estimate of drug-likeness (QED) is 0.828. The van der Waals surface area contributed by atoms with E-state index >= 15 is 0 Å². The van der Waals surface area contributed by atoms with Crippen molar-refractivity contribution in [2.75, 3.05) is 5.33 Å². The molecule has 1 unspecified atom stereocenters. The van der Waals surface area contributed by atoms with Crippen molar-refractivity contribution in [1.29, 1.82) is 0 Å². The molecule has 1 rings (SSSR count). The fourth-order valence-corrected chi connectivity index (χ4v) is 3.48. The maximum Gasteiger partial charge on any atom is 0.242 e. The number of aromatic nitrogens is 1. The molecule has 0 aromatic carbocycles. The number of hydrogen-bond donors (Lipinski definition) is 1. The van der Waals surface area contributed by atoms with E-state index in [1.54, 1.807) is 0 Å². The maximum atomic E-state index is 13.1. The van der Waals surface area contributed by atoms with E-state index in [-0.39, 0.29) is 16.4 Å². The van der Waals surface area contributed by atoms with Crippen LogP contribution in [-0.2, 0) is 10.0 Å². The van der Waals surface area contributed by atoms with E-state index in [2.05, 4.69) is 25.6 Å². The van der Waals surface area contributed by atoms with E-state index < -0.39 is 15.8 Å². The zero-order valence-electron chi connectivity index (χ0n) is 11.2. The first kappa shape index (κ1) is 16.5. The highest BCUT2D eigenvalue weighted by molar-refractivity contribution is 9.09. The highest BCUT2D eigenvalue weighted by Crippen LogP contribution is 2.24. The smallest absolute Gasteiger partial charge is 0.242 e. The number of nitrogens with one attached hydrogen (secondary N) is 1. The van der Waals surface area contributed by atoms with Gasteiger partial charge < -0.3 is 0 Å². The molecule has 0 bridgehead atoms. The second kappa shape index (κ2) is 6.28. The second-order valence-corrected chi connectivity index (χ2v) is 7.86. The van der Waals surface area contributed by atoms with E-state index in [4.69, 9.17) is 0 Å². The standard InChI is InChI=1S/C12H18BrFN2O2S/c1-12(2,3)11(4-5-13)16-19(17,18)10-6-9(14)7-15-8-10/h6-8,11,16H,4-5H2,1-3H3. The van der Waals surface area contributed by atoms with Gasteiger partial charge in [0.2, 0.25) is 10.0 Å².